The lowest BCUT2D eigenvalue weighted by Crippen LogP contribution is -1.97. The van der Waals surface area contributed by atoms with Gasteiger partial charge in [-0.25, -0.2) is 0 Å². The summed E-state index contributed by atoms with van der Waals surface area (Å²) in [4.78, 5) is 13.7. The van der Waals surface area contributed by atoms with Gasteiger partial charge in [-0.05, 0) is 19.1 Å². The molecule has 0 saturated carbocycles. The summed E-state index contributed by atoms with van der Waals surface area (Å²) in [6.45, 7) is 1.61. The number of benzene rings is 1. The quantitative estimate of drug-likeness (QED) is 0.663. The van der Waals surface area contributed by atoms with Crippen LogP contribution in [-0.2, 0) is 0 Å². The Kier molecular flexibility index (Phi) is 2.65. The second-order valence-corrected chi connectivity index (χ2v) is 5.19. The van der Waals surface area contributed by atoms with Crippen LogP contribution in [0.2, 0.25) is 0 Å². The summed E-state index contributed by atoms with van der Waals surface area (Å²) in [5.74, 6) is 2.48. The van der Waals surface area contributed by atoms with Crippen molar-refractivity contribution in [2.45, 2.75) is 16.7 Å². The Labute approximate surface area is 86.3 Å². The van der Waals surface area contributed by atoms with E-state index in [0.717, 1.165) is 11.3 Å². The summed E-state index contributed by atoms with van der Waals surface area (Å²) in [5, 5.41) is 0. The first-order valence-corrected chi connectivity index (χ1v) is 6.15. The first kappa shape index (κ1) is 9.16. The molecule has 1 aromatic carbocycles. The van der Waals surface area contributed by atoms with Crippen molar-refractivity contribution in [2.75, 3.05) is 11.5 Å². The Bertz CT molecular complexity index is 347. The van der Waals surface area contributed by atoms with E-state index in [9.17, 15) is 4.79 Å². The van der Waals surface area contributed by atoms with Gasteiger partial charge in [-0.15, -0.1) is 23.5 Å². The lowest BCUT2D eigenvalue weighted by atomic mass is 10.1. The van der Waals surface area contributed by atoms with Gasteiger partial charge in [0.1, 0.15) is 0 Å². The highest BCUT2D eigenvalue weighted by molar-refractivity contribution is 8.05. The minimum absolute atomic E-state index is 0.152. The van der Waals surface area contributed by atoms with Gasteiger partial charge >= 0.3 is 0 Å². The number of fused-ring (bicyclic) bond motifs is 1. The molecule has 1 nitrogen and oxygen atoms in total. The van der Waals surface area contributed by atoms with E-state index in [0.29, 0.717) is 0 Å². The largest absolute Gasteiger partial charge is 0.295 e. The highest BCUT2D eigenvalue weighted by atomic mass is 32.2. The minimum Gasteiger partial charge on any atom is -0.295 e. The molecule has 13 heavy (non-hydrogen) atoms. The van der Waals surface area contributed by atoms with Gasteiger partial charge in [0, 0.05) is 26.9 Å². The van der Waals surface area contributed by atoms with Gasteiger partial charge in [-0.1, -0.05) is 6.07 Å². The van der Waals surface area contributed by atoms with E-state index in [-0.39, 0.29) is 5.78 Å². The maximum Gasteiger partial charge on any atom is 0.159 e. The summed E-state index contributed by atoms with van der Waals surface area (Å²) in [7, 11) is 0. The average Bonchev–Trinajstić information content (AvgIpc) is 2.17. The van der Waals surface area contributed by atoms with Gasteiger partial charge in [-0.3, -0.25) is 4.79 Å². The smallest absolute Gasteiger partial charge is 0.159 e. The van der Waals surface area contributed by atoms with E-state index < -0.39 is 0 Å². The van der Waals surface area contributed by atoms with Crippen LogP contribution in [-0.4, -0.2) is 17.3 Å². The van der Waals surface area contributed by atoms with Gasteiger partial charge in [0.15, 0.2) is 5.78 Å². The maximum atomic E-state index is 11.1. The Morgan fingerprint density at radius 2 is 1.92 bits per heavy atom. The summed E-state index contributed by atoms with van der Waals surface area (Å²) in [6.07, 6.45) is 0. The van der Waals surface area contributed by atoms with Crippen molar-refractivity contribution >= 4 is 29.3 Å². The van der Waals surface area contributed by atoms with Crippen molar-refractivity contribution in [1.29, 1.82) is 0 Å². The fraction of sp³-hybridized carbons (Fsp3) is 0.300. The van der Waals surface area contributed by atoms with Gasteiger partial charge in [-0.2, -0.15) is 0 Å². The van der Waals surface area contributed by atoms with Crippen molar-refractivity contribution in [1.82, 2.24) is 0 Å². The molecule has 0 saturated heterocycles. The maximum absolute atomic E-state index is 11.1. The average molecular weight is 210 g/mol. The molecule has 0 unspecified atom stereocenters. The fourth-order valence-electron chi connectivity index (χ4n) is 1.26. The van der Waals surface area contributed by atoms with Crippen LogP contribution >= 0.6 is 23.5 Å². The third-order valence-corrected chi connectivity index (χ3v) is 4.47. The standard InChI is InChI=1S/C10H10OS2/c1-7(11)8-2-3-9-10(6-8)13-5-4-12-9/h2-3,6H,4-5H2,1H3. The van der Waals surface area contributed by atoms with Gasteiger partial charge in [0.25, 0.3) is 0 Å². The molecule has 0 N–H and O–H groups in total. The molecule has 2 rings (SSSR count). The number of hydrogen-bond donors (Lipinski definition) is 0. The van der Waals surface area contributed by atoms with Crippen molar-refractivity contribution in [2.24, 2.45) is 0 Å². The van der Waals surface area contributed by atoms with E-state index >= 15 is 0 Å². The first-order valence-electron chi connectivity index (χ1n) is 4.18. The van der Waals surface area contributed by atoms with Crippen LogP contribution in [0.15, 0.2) is 28.0 Å². The number of carbonyl (C=O) groups is 1. The molecule has 1 aliphatic rings. The van der Waals surface area contributed by atoms with Gasteiger partial charge < -0.3 is 0 Å². The zero-order valence-electron chi connectivity index (χ0n) is 7.37. The number of hydrogen-bond acceptors (Lipinski definition) is 3. The van der Waals surface area contributed by atoms with Crippen LogP contribution in [0.25, 0.3) is 0 Å². The van der Waals surface area contributed by atoms with Gasteiger partial charge in [0.2, 0.25) is 0 Å². The third kappa shape index (κ3) is 1.92. The number of rotatable bonds is 1. The highest BCUT2D eigenvalue weighted by Crippen LogP contribution is 2.36. The van der Waals surface area contributed by atoms with E-state index in [1.807, 2.05) is 35.7 Å². The summed E-state index contributed by atoms with van der Waals surface area (Å²) < 4.78 is 0. The van der Waals surface area contributed by atoms with E-state index in [1.54, 1.807) is 6.92 Å². The molecular weight excluding hydrogens is 200 g/mol. The predicted molar refractivity (Wildman–Crippen MR) is 57.9 cm³/mol. The second-order valence-electron chi connectivity index (χ2n) is 2.91. The van der Waals surface area contributed by atoms with Crippen molar-refractivity contribution in [3.63, 3.8) is 0 Å². The molecule has 0 fully saturated rings. The van der Waals surface area contributed by atoms with Gasteiger partial charge in [0.05, 0.1) is 0 Å². The van der Waals surface area contributed by atoms with Crippen LogP contribution in [0.3, 0.4) is 0 Å². The van der Waals surface area contributed by atoms with E-state index in [1.165, 1.54) is 15.5 Å². The first-order chi connectivity index (χ1) is 6.27. The molecule has 0 aromatic heterocycles. The molecule has 1 aliphatic heterocycles. The Balaban J connectivity index is 2.40. The number of Topliss-reactive ketones (excluding diaryl/α,β-unsaturated/α-hetero) is 1. The molecule has 0 amide bonds. The molecule has 0 spiro atoms. The SMILES string of the molecule is CC(=O)c1ccc2c(c1)SCCS2. The molecule has 0 bridgehead atoms. The van der Waals surface area contributed by atoms with Crippen LogP contribution in [0.1, 0.15) is 17.3 Å². The topological polar surface area (TPSA) is 17.1 Å². The number of ketones is 1. The molecule has 1 heterocycles. The fourth-order valence-corrected chi connectivity index (χ4v) is 3.51. The zero-order chi connectivity index (χ0) is 9.26. The molecule has 0 radical (unpaired) electrons. The van der Waals surface area contributed by atoms with Crippen LogP contribution < -0.4 is 0 Å². The highest BCUT2D eigenvalue weighted by Gasteiger charge is 2.11. The molecule has 3 heteroatoms. The minimum atomic E-state index is 0.152. The Hall–Kier alpha value is -0.410. The molecule has 68 valence electrons. The van der Waals surface area contributed by atoms with Crippen molar-refractivity contribution in [3.8, 4) is 0 Å². The monoisotopic (exact) mass is 210 g/mol. The summed E-state index contributed by atoms with van der Waals surface area (Å²) >= 11 is 3.72. The number of thioether (sulfide) groups is 2. The normalized spacial score (nSPS) is 15.2. The van der Waals surface area contributed by atoms with Crippen LogP contribution in [0.5, 0.6) is 0 Å². The molecule has 1 aromatic rings. The molecular formula is C10H10OS2. The van der Waals surface area contributed by atoms with E-state index in [2.05, 4.69) is 6.07 Å². The predicted octanol–water partition coefficient (Wildman–Crippen LogP) is 3.09. The Morgan fingerprint density at radius 1 is 1.23 bits per heavy atom. The zero-order valence-corrected chi connectivity index (χ0v) is 9.00. The lowest BCUT2D eigenvalue weighted by molar-refractivity contribution is 0.101. The second kappa shape index (κ2) is 3.76. The lowest BCUT2D eigenvalue weighted by Gasteiger charge is -2.14. The van der Waals surface area contributed by atoms with Crippen molar-refractivity contribution < 1.29 is 4.79 Å². The van der Waals surface area contributed by atoms with Crippen LogP contribution in [0, 0.1) is 0 Å². The molecule has 0 atom stereocenters. The molecule has 0 aliphatic carbocycles. The van der Waals surface area contributed by atoms with Crippen LogP contribution in [0.4, 0.5) is 0 Å². The van der Waals surface area contributed by atoms with E-state index in [4.69, 9.17) is 0 Å². The number of carbonyl (C=O) groups excluding carboxylic acids is 1. The third-order valence-electron chi connectivity index (χ3n) is 1.95. The Morgan fingerprint density at radius 3 is 2.62 bits per heavy atom. The summed E-state index contributed by atoms with van der Waals surface area (Å²) in [6, 6.07) is 5.98. The van der Waals surface area contributed by atoms with Crippen molar-refractivity contribution in [3.05, 3.63) is 23.8 Å². The summed E-state index contributed by atoms with van der Waals surface area (Å²) in [5.41, 5.74) is 0.828.